The first kappa shape index (κ1) is 27.8. The van der Waals surface area contributed by atoms with Crippen LogP contribution in [0.1, 0.15) is 22.8 Å². The molecule has 4 nitrogen and oxygen atoms in total. The van der Waals surface area contributed by atoms with Crippen LogP contribution in [0.25, 0.3) is 90.9 Å². The predicted molar refractivity (Wildman–Crippen MR) is 201 cm³/mol. The minimum absolute atomic E-state index is 0.885. The zero-order valence-electron chi connectivity index (χ0n) is 26.1. The highest BCUT2D eigenvalue weighted by atomic mass is 14.8. The van der Waals surface area contributed by atoms with Gasteiger partial charge in [-0.15, -0.1) is 0 Å². The number of aromatic nitrogens is 4. The molecular weight excluding hydrogens is 585 g/mol. The van der Waals surface area contributed by atoms with Gasteiger partial charge in [-0.3, -0.25) is 0 Å². The van der Waals surface area contributed by atoms with Gasteiger partial charge in [-0.05, 0) is 70.8 Å². The van der Waals surface area contributed by atoms with Gasteiger partial charge in [0.2, 0.25) is 0 Å². The van der Waals surface area contributed by atoms with Gasteiger partial charge in [0.15, 0.2) is 0 Å². The third kappa shape index (κ3) is 4.97. The average molecular weight is 615 g/mol. The Hall–Kier alpha value is -6.52. The summed E-state index contributed by atoms with van der Waals surface area (Å²) in [6.07, 6.45) is 8.50. The van der Waals surface area contributed by atoms with E-state index in [-0.39, 0.29) is 0 Å². The number of nitrogens with one attached hydrogen (secondary N) is 2. The van der Waals surface area contributed by atoms with Crippen molar-refractivity contribution in [1.29, 1.82) is 0 Å². The molecule has 0 fully saturated rings. The van der Waals surface area contributed by atoms with Gasteiger partial charge in [-0.2, -0.15) is 0 Å². The van der Waals surface area contributed by atoms with Crippen molar-refractivity contribution in [2.45, 2.75) is 0 Å². The van der Waals surface area contributed by atoms with E-state index in [2.05, 4.69) is 174 Å². The van der Waals surface area contributed by atoms with Gasteiger partial charge in [-0.1, -0.05) is 121 Å². The molecule has 0 spiro atoms. The number of H-pyrrole nitrogens is 2. The van der Waals surface area contributed by atoms with Crippen LogP contribution in [0.15, 0.2) is 146 Å². The van der Waals surface area contributed by atoms with Crippen LogP contribution in [0, 0.1) is 0 Å². The number of hydrogen-bond donors (Lipinski definition) is 2. The number of aromatic amines is 2. The van der Waals surface area contributed by atoms with Crippen molar-refractivity contribution in [3.63, 3.8) is 0 Å². The molecule has 0 saturated carbocycles. The highest BCUT2D eigenvalue weighted by molar-refractivity contribution is 6.01. The lowest BCUT2D eigenvalue weighted by molar-refractivity contribution is 1.31. The molecule has 0 radical (unpaired) electrons. The second-order valence-corrected chi connectivity index (χ2v) is 12.0. The quantitative estimate of drug-likeness (QED) is 0.207. The number of fused-ring (bicyclic) bond motifs is 8. The van der Waals surface area contributed by atoms with Crippen LogP contribution in [-0.2, 0) is 0 Å². The molecule has 4 heteroatoms. The maximum absolute atomic E-state index is 5.40. The molecule has 3 aromatic heterocycles. The van der Waals surface area contributed by atoms with E-state index in [1.165, 1.54) is 0 Å². The fraction of sp³-hybridized carbons (Fsp3) is 0. The fourth-order valence-corrected chi connectivity index (χ4v) is 6.80. The normalized spacial score (nSPS) is 12.0. The summed E-state index contributed by atoms with van der Waals surface area (Å²) in [4.78, 5) is 18.2. The standard InChI is InChI=1S/C44H30N4/c1-5-13-29(14-6-1)35-28-34-27-33-21-22-36(45-33)41(30-15-7-2-8-16-30)37-23-24-38(47-37)42(31-17-9-3-10-18-31)39-25-26-40(48-39)43(44(35)46-34)32-19-11-4-12-20-32/h1-28,46-47H. The van der Waals surface area contributed by atoms with E-state index >= 15 is 0 Å². The molecular formula is C44H30N4. The molecule has 2 aliphatic rings. The number of rotatable bonds is 4. The molecule has 2 N–H and O–H groups in total. The lowest BCUT2D eigenvalue weighted by Crippen LogP contribution is -1.89. The summed E-state index contributed by atoms with van der Waals surface area (Å²) in [6.45, 7) is 0. The van der Waals surface area contributed by atoms with Crippen molar-refractivity contribution in [3.8, 4) is 44.5 Å². The molecule has 4 aromatic carbocycles. The minimum Gasteiger partial charge on any atom is -0.354 e. The number of benzene rings is 4. The van der Waals surface area contributed by atoms with Crippen LogP contribution in [0.5, 0.6) is 0 Å². The van der Waals surface area contributed by atoms with E-state index in [4.69, 9.17) is 9.97 Å². The Kier molecular flexibility index (Phi) is 6.76. The summed E-state index contributed by atoms with van der Waals surface area (Å²) in [6, 6.07) is 50.8. The Labute approximate surface area is 278 Å². The van der Waals surface area contributed by atoms with Gasteiger partial charge in [0.25, 0.3) is 0 Å². The summed E-state index contributed by atoms with van der Waals surface area (Å²) in [5, 5.41) is 0. The molecule has 7 aromatic rings. The largest absolute Gasteiger partial charge is 0.354 e. The topological polar surface area (TPSA) is 57.4 Å². The Morgan fingerprint density at radius 3 is 1.40 bits per heavy atom. The fourth-order valence-electron chi connectivity index (χ4n) is 6.80. The van der Waals surface area contributed by atoms with Crippen LogP contribution < -0.4 is 0 Å². The second kappa shape index (κ2) is 11.7. The molecule has 5 heterocycles. The van der Waals surface area contributed by atoms with E-state index in [0.717, 1.165) is 89.4 Å². The van der Waals surface area contributed by atoms with Crippen LogP contribution >= 0.6 is 0 Å². The Morgan fingerprint density at radius 1 is 0.375 bits per heavy atom. The molecule has 8 bridgehead atoms. The summed E-state index contributed by atoms with van der Waals surface area (Å²) in [5.41, 5.74) is 16.2. The highest BCUT2D eigenvalue weighted by Crippen LogP contribution is 2.39. The van der Waals surface area contributed by atoms with Crippen molar-refractivity contribution in [3.05, 3.63) is 168 Å². The molecule has 0 amide bonds. The first-order valence-corrected chi connectivity index (χ1v) is 16.2. The molecule has 0 unspecified atom stereocenters. The third-order valence-electron chi connectivity index (χ3n) is 8.96. The maximum atomic E-state index is 5.40. The van der Waals surface area contributed by atoms with Crippen LogP contribution in [0.4, 0.5) is 0 Å². The Morgan fingerprint density at radius 2 is 0.833 bits per heavy atom. The van der Waals surface area contributed by atoms with Crippen molar-refractivity contribution < 1.29 is 0 Å². The van der Waals surface area contributed by atoms with E-state index in [9.17, 15) is 0 Å². The summed E-state index contributed by atoms with van der Waals surface area (Å²) < 4.78 is 0. The zero-order chi connectivity index (χ0) is 31.9. The predicted octanol–water partition coefficient (Wildman–Crippen LogP) is 11.3. The zero-order valence-corrected chi connectivity index (χ0v) is 26.1. The van der Waals surface area contributed by atoms with Gasteiger partial charge in [0.1, 0.15) is 0 Å². The van der Waals surface area contributed by atoms with Crippen LogP contribution in [0.3, 0.4) is 0 Å². The van der Waals surface area contributed by atoms with Crippen molar-refractivity contribution in [1.82, 2.24) is 19.9 Å². The molecule has 0 atom stereocenters. The maximum Gasteiger partial charge on any atom is 0.0737 e. The lowest BCUT2D eigenvalue weighted by Gasteiger charge is -2.07. The van der Waals surface area contributed by atoms with Crippen LogP contribution in [-0.4, -0.2) is 19.9 Å². The average Bonchev–Trinajstić information content (AvgIpc) is 3.97. The van der Waals surface area contributed by atoms with Gasteiger partial charge in [-0.25, -0.2) is 9.97 Å². The van der Waals surface area contributed by atoms with Gasteiger partial charge >= 0.3 is 0 Å². The lowest BCUT2D eigenvalue weighted by atomic mass is 9.99. The number of nitrogens with zero attached hydrogens (tertiary/aromatic N) is 2. The smallest absolute Gasteiger partial charge is 0.0737 e. The monoisotopic (exact) mass is 614 g/mol. The van der Waals surface area contributed by atoms with Crippen LogP contribution in [0.2, 0.25) is 0 Å². The molecule has 0 aliphatic carbocycles. The van der Waals surface area contributed by atoms with Crippen molar-refractivity contribution in [2.24, 2.45) is 0 Å². The number of hydrogen-bond acceptors (Lipinski definition) is 2. The first-order valence-electron chi connectivity index (χ1n) is 16.2. The van der Waals surface area contributed by atoms with E-state index in [1.54, 1.807) is 0 Å². The second-order valence-electron chi connectivity index (χ2n) is 12.0. The highest BCUT2D eigenvalue weighted by Gasteiger charge is 2.18. The van der Waals surface area contributed by atoms with E-state index in [1.807, 2.05) is 6.07 Å². The molecule has 2 aliphatic heterocycles. The van der Waals surface area contributed by atoms with Crippen molar-refractivity contribution >= 4 is 46.4 Å². The summed E-state index contributed by atoms with van der Waals surface area (Å²) in [7, 11) is 0. The molecule has 9 rings (SSSR count). The van der Waals surface area contributed by atoms with Gasteiger partial charge in [0.05, 0.1) is 28.3 Å². The Balaban J connectivity index is 1.48. The van der Waals surface area contributed by atoms with Crippen molar-refractivity contribution in [2.75, 3.05) is 0 Å². The summed E-state index contributed by atoms with van der Waals surface area (Å²) in [5.74, 6) is 0. The van der Waals surface area contributed by atoms with E-state index in [0.29, 0.717) is 0 Å². The summed E-state index contributed by atoms with van der Waals surface area (Å²) >= 11 is 0. The minimum atomic E-state index is 0.885. The van der Waals surface area contributed by atoms with Gasteiger partial charge < -0.3 is 9.97 Å². The first-order chi connectivity index (χ1) is 23.8. The van der Waals surface area contributed by atoms with Gasteiger partial charge in [0, 0.05) is 38.8 Å². The Bertz CT molecular complexity index is 2520. The molecule has 226 valence electrons. The van der Waals surface area contributed by atoms with E-state index < -0.39 is 0 Å². The molecule has 0 saturated heterocycles. The SMILES string of the molecule is C1=Cc2nc1cc1cc(-c3ccccc3)c([nH]1)c(-c1ccccc1)c1nc(c(-c3ccccc3)c3ccc([nH]3)c2-c2ccccc2)C=C1. The molecule has 48 heavy (non-hydrogen) atoms. The third-order valence-corrected chi connectivity index (χ3v) is 8.96.